The van der Waals surface area contributed by atoms with E-state index in [1.807, 2.05) is 39.0 Å². The number of phenolic OH excluding ortho intramolecular Hbond substituents is 1. The van der Waals surface area contributed by atoms with Gasteiger partial charge in [-0.1, -0.05) is 39.8 Å². The Morgan fingerprint density at radius 3 is 2.49 bits per heavy atom. The maximum absolute atomic E-state index is 14.9. The molecule has 69 heavy (non-hydrogen) atoms. The van der Waals surface area contributed by atoms with Gasteiger partial charge in [-0.15, -0.1) is 0 Å². The highest BCUT2D eigenvalue weighted by Crippen LogP contribution is 2.49. The van der Waals surface area contributed by atoms with E-state index in [-0.39, 0.29) is 61.2 Å². The number of carbonyl (C=O) groups excluding carboxylic acids is 5. The van der Waals surface area contributed by atoms with Gasteiger partial charge in [0.1, 0.15) is 29.4 Å². The standard InChI is InChI=1S/C53H68N8O8/c1-9-59-43-15-14-33-26-38(43)39(46(59)37-12-10-20-54-44(37)31(4)68-8)27-52(5,6)29-69-50(66)40-13-11-21-60(57-40)48(64)41(24-32-22-34(33)25-36(62)23-32)56-47(63)45(30(2)3)58(7)51(67)53-18-16-35(17-19-53)61(53)49(65)42-28-55-42/h10,12,14-15,20,22-23,25-26,30-31,35,40-42,45,55,57,62H,9,11,13,16-19,21,24,27-29H2,1-8H3,(H,56,63)/t31-,35?,40-,41-,42+,45?,53?/m0/s1. The van der Waals surface area contributed by atoms with Gasteiger partial charge in [-0.2, -0.15) is 0 Å². The van der Waals surface area contributed by atoms with Crippen LogP contribution in [0.5, 0.6) is 5.75 Å². The summed E-state index contributed by atoms with van der Waals surface area (Å²) in [6.45, 7) is 13.6. The van der Waals surface area contributed by atoms with E-state index in [0.29, 0.717) is 50.8 Å². The van der Waals surface area contributed by atoms with Crippen LogP contribution in [0.15, 0.2) is 54.7 Å². The number of carbonyl (C=O) groups is 5. The first-order valence-corrected chi connectivity index (χ1v) is 24.8. The van der Waals surface area contributed by atoms with Crippen molar-refractivity contribution in [3.8, 4) is 28.1 Å². The molecule has 0 spiro atoms. The Balaban J connectivity index is 1.11. The number of phenols is 1. The van der Waals surface area contributed by atoms with Crippen molar-refractivity contribution in [3.63, 3.8) is 0 Å². The maximum atomic E-state index is 14.9. The summed E-state index contributed by atoms with van der Waals surface area (Å²) in [5.41, 5.74) is 8.56. The molecular formula is C53H68N8O8. The summed E-state index contributed by atoms with van der Waals surface area (Å²) >= 11 is 0. The first kappa shape index (κ1) is 48.2. The first-order chi connectivity index (χ1) is 32.9. The minimum absolute atomic E-state index is 0.00545. The van der Waals surface area contributed by atoms with Crippen LogP contribution in [0.2, 0.25) is 0 Å². The second-order valence-corrected chi connectivity index (χ2v) is 21.1. The monoisotopic (exact) mass is 945 g/mol. The molecule has 368 valence electrons. The molecule has 1 unspecified atom stereocenters. The smallest absolute Gasteiger partial charge is 0.324 e. The average molecular weight is 945 g/mol. The van der Waals surface area contributed by atoms with Gasteiger partial charge in [-0.3, -0.25) is 34.0 Å². The Labute approximate surface area is 404 Å². The molecule has 0 radical (unpaired) electrons. The number of aromatic hydroxyl groups is 1. The number of hydrogen-bond donors (Lipinski definition) is 4. The van der Waals surface area contributed by atoms with Gasteiger partial charge in [0, 0.05) is 74.3 Å². The lowest BCUT2D eigenvalue weighted by atomic mass is 9.84. The van der Waals surface area contributed by atoms with Crippen molar-refractivity contribution in [3.05, 3.63) is 71.5 Å². The molecule has 0 aliphatic carbocycles. The molecular weight excluding hydrogens is 877 g/mol. The van der Waals surface area contributed by atoms with Crippen LogP contribution in [0.25, 0.3) is 33.3 Å². The number of aryl methyl sites for hydroxylation is 1. The lowest BCUT2D eigenvalue weighted by Gasteiger charge is -2.40. The number of rotatable bonds is 10. The van der Waals surface area contributed by atoms with Crippen LogP contribution in [-0.4, -0.2) is 129 Å². The molecule has 4 saturated heterocycles. The van der Waals surface area contributed by atoms with Crippen LogP contribution in [-0.2, 0) is 52.8 Å². The van der Waals surface area contributed by atoms with Crippen molar-refractivity contribution in [2.75, 3.05) is 33.9 Å². The second-order valence-electron chi connectivity index (χ2n) is 21.1. The molecule has 16 heteroatoms. The molecule has 7 heterocycles. The average Bonchev–Trinajstić information content (AvgIpc) is 3.95. The number of benzene rings is 2. The summed E-state index contributed by atoms with van der Waals surface area (Å²) in [5.74, 6) is -2.17. The lowest BCUT2D eigenvalue weighted by molar-refractivity contribution is -0.156. The van der Waals surface area contributed by atoms with Gasteiger partial charge >= 0.3 is 5.97 Å². The largest absolute Gasteiger partial charge is 0.508 e. The number of fused-ring (bicyclic) bond motifs is 8. The predicted octanol–water partition coefficient (Wildman–Crippen LogP) is 5.43. The minimum Gasteiger partial charge on any atom is -0.508 e. The Hall–Kier alpha value is -5.84. The van der Waals surface area contributed by atoms with Crippen LogP contribution in [0.4, 0.5) is 0 Å². The molecule has 5 atom stereocenters. The number of hydrazine groups is 1. The quantitative estimate of drug-likeness (QED) is 0.117. The third kappa shape index (κ3) is 8.99. The van der Waals surface area contributed by atoms with E-state index < -0.39 is 46.9 Å². The van der Waals surface area contributed by atoms with Crippen molar-refractivity contribution in [2.45, 2.75) is 141 Å². The van der Waals surface area contributed by atoms with Crippen molar-refractivity contribution >= 4 is 40.5 Å². The van der Waals surface area contributed by atoms with Crippen molar-refractivity contribution in [2.24, 2.45) is 11.3 Å². The highest BCUT2D eigenvalue weighted by molar-refractivity contribution is 5.99. The molecule has 4 N–H and O–H groups in total. The highest BCUT2D eigenvalue weighted by atomic mass is 16.5. The van der Waals surface area contributed by atoms with E-state index in [1.54, 1.807) is 37.4 Å². The molecule has 4 amide bonds. The third-order valence-corrected chi connectivity index (χ3v) is 15.3. The number of nitrogens with zero attached hydrogens (tertiary/aromatic N) is 5. The van der Waals surface area contributed by atoms with Crippen LogP contribution in [0.3, 0.4) is 0 Å². The summed E-state index contributed by atoms with van der Waals surface area (Å²) in [6.07, 6.45) is 5.51. The highest BCUT2D eigenvalue weighted by Gasteiger charge is 2.61. The Morgan fingerprint density at radius 1 is 1.04 bits per heavy atom. The summed E-state index contributed by atoms with van der Waals surface area (Å²) < 4.78 is 14.3. The number of likely N-dealkylation sites (N-methyl/N-ethyl adjacent to an activating group) is 1. The summed E-state index contributed by atoms with van der Waals surface area (Å²) in [5, 5.41) is 20.0. The molecule has 16 nitrogen and oxygen atoms in total. The Kier molecular flexibility index (Phi) is 13.1. The van der Waals surface area contributed by atoms with Crippen LogP contribution < -0.4 is 16.1 Å². The third-order valence-electron chi connectivity index (χ3n) is 15.3. The van der Waals surface area contributed by atoms with E-state index in [1.165, 1.54) is 9.91 Å². The van der Waals surface area contributed by atoms with Gasteiger partial charge in [-0.25, -0.2) is 5.43 Å². The van der Waals surface area contributed by atoms with E-state index in [4.69, 9.17) is 14.5 Å². The lowest BCUT2D eigenvalue weighted by Crippen LogP contribution is -2.64. The van der Waals surface area contributed by atoms with Gasteiger partial charge in [0.05, 0.1) is 30.1 Å². The van der Waals surface area contributed by atoms with E-state index >= 15 is 0 Å². The number of ether oxygens (including phenoxy) is 2. The fourth-order valence-electron chi connectivity index (χ4n) is 11.7. The summed E-state index contributed by atoms with van der Waals surface area (Å²) in [4.78, 5) is 80.1. The van der Waals surface area contributed by atoms with Gasteiger partial charge in [0.25, 0.3) is 5.91 Å². The summed E-state index contributed by atoms with van der Waals surface area (Å²) in [7, 11) is 3.30. The number of hydrogen-bond acceptors (Lipinski definition) is 11. The van der Waals surface area contributed by atoms with Crippen LogP contribution >= 0.6 is 0 Å². The van der Waals surface area contributed by atoms with Gasteiger partial charge in [-0.05, 0) is 123 Å². The number of amides is 4. The molecule has 9 rings (SSSR count). The molecule has 0 saturated carbocycles. The molecule has 4 fully saturated rings. The number of esters is 1. The number of pyridine rings is 1. The zero-order chi connectivity index (χ0) is 49.1. The van der Waals surface area contributed by atoms with Gasteiger partial charge in [0.2, 0.25) is 17.7 Å². The fraction of sp³-hybridized carbons (Fsp3) is 0.547. The predicted molar refractivity (Wildman–Crippen MR) is 260 cm³/mol. The second kappa shape index (κ2) is 18.8. The maximum Gasteiger partial charge on any atom is 0.324 e. The van der Waals surface area contributed by atoms with Crippen molar-refractivity contribution in [1.82, 2.24) is 40.4 Å². The molecule has 4 aromatic rings. The molecule has 5 aliphatic heterocycles. The Bertz CT molecular complexity index is 2670. The normalized spacial score (nSPS) is 25.3. The molecule has 8 bridgehead atoms. The minimum atomic E-state index is -1.17. The number of nitrogens with one attached hydrogen (secondary N) is 3. The SMILES string of the molecule is CCn1c(-c2cccnc2[C@H](C)OC)c2c3cc(ccc31)-c1cc(O)cc(c1)C[C@H](NC(=O)C(C(C)C)N(C)C(=O)C13CCC(CC1)N3C(=O)[C@H]1CN1)C(=O)N1CCC[C@H](N1)C(=O)OCC(C)(C)C2. The first-order valence-electron chi connectivity index (χ1n) is 24.8. The Morgan fingerprint density at radius 2 is 1.80 bits per heavy atom. The number of cyclic esters (lactones) is 1. The molecule has 2 aromatic heterocycles. The van der Waals surface area contributed by atoms with E-state index in [0.717, 1.165) is 57.4 Å². The summed E-state index contributed by atoms with van der Waals surface area (Å²) in [6, 6.07) is 12.3. The van der Waals surface area contributed by atoms with Crippen molar-refractivity contribution in [1.29, 1.82) is 0 Å². The van der Waals surface area contributed by atoms with Crippen LogP contribution in [0, 0.1) is 11.3 Å². The van der Waals surface area contributed by atoms with E-state index in [2.05, 4.69) is 59.6 Å². The van der Waals surface area contributed by atoms with Gasteiger partial charge < -0.3 is 39.6 Å². The zero-order valence-electron chi connectivity index (χ0n) is 41.3. The zero-order valence-corrected chi connectivity index (χ0v) is 41.3. The number of aromatic nitrogens is 2. The topological polar surface area (TPSA) is 198 Å². The number of methoxy groups -OCH3 is 1. The van der Waals surface area contributed by atoms with Crippen molar-refractivity contribution < 1.29 is 38.6 Å². The molecule has 2 aromatic carbocycles. The fourth-order valence-corrected chi connectivity index (χ4v) is 11.7. The van der Waals surface area contributed by atoms with Crippen LogP contribution in [0.1, 0.15) is 103 Å². The van der Waals surface area contributed by atoms with E-state index in [9.17, 15) is 29.1 Å². The van der Waals surface area contributed by atoms with Gasteiger partial charge in [0.15, 0.2) is 0 Å². The molecule has 5 aliphatic rings.